The van der Waals surface area contributed by atoms with Gasteiger partial charge in [-0.25, -0.2) is 4.98 Å². The molecule has 0 saturated heterocycles. The van der Waals surface area contributed by atoms with Gasteiger partial charge in [0.2, 0.25) is 11.8 Å². The molecule has 2 aromatic rings. The maximum absolute atomic E-state index is 5.65. The lowest BCUT2D eigenvalue weighted by molar-refractivity contribution is 0.461. The number of benzene rings is 1. The normalized spacial score (nSPS) is 10.2. The fraction of sp³-hybridized carbons (Fsp3) is 0.231. The molecule has 1 aromatic heterocycles. The van der Waals surface area contributed by atoms with Crippen molar-refractivity contribution in [2.24, 2.45) is 0 Å². The van der Waals surface area contributed by atoms with Crippen molar-refractivity contribution in [1.82, 2.24) is 9.97 Å². The Bertz CT molecular complexity index is 506. The molecule has 2 rings (SSSR count). The van der Waals surface area contributed by atoms with Crippen LogP contribution in [0.3, 0.4) is 0 Å². The zero-order valence-corrected chi connectivity index (χ0v) is 9.97. The van der Waals surface area contributed by atoms with Gasteiger partial charge in [-0.3, -0.25) is 0 Å². The average Bonchev–Trinajstić information content (AvgIpc) is 2.28. The van der Waals surface area contributed by atoms with Crippen molar-refractivity contribution in [2.75, 3.05) is 5.73 Å². The van der Waals surface area contributed by atoms with Crippen LogP contribution in [0.15, 0.2) is 30.3 Å². The molecule has 0 aliphatic rings. The first-order valence-electron chi connectivity index (χ1n) is 5.55. The summed E-state index contributed by atoms with van der Waals surface area (Å²) >= 11 is 0. The number of hydrogen-bond acceptors (Lipinski definition) is 4. The van der Waals surface area contributed by atoms with Crippen molar-refractivity contribution < 1.29 is 4.74 Å². The van der Waals surface area contributed by atoms with E-state index >= 15 is 0 Å². The molecule has 0 spiro atoms. The van der Waals surface area contributed by atoms with E-state index in [9.17, 15) is 0 Å². The molecule has 17 heavy (non-hydrogen) atoms. The smallest absolute Gasteiger partial charge is 0.224 e. The van der Waals surface area contributed by atoms with E-state index in [0.717, 1.165) is 17.9 Å². The molecule has 0 amide bonds. The largest absolute Gasteiger partial charge is 0.439 e. The Kier molecular flexibility index (Phi) is 3.23. The van der Waals surface area contributed by atoms with Crippen LogP contribution in [0, 0.1) is 6.92 Å². The molecule has 4 nitrogen and oxygen atoms in total. The van der Waals surface area contributed by atoms with Gasteiger partial charge < -0.3 is 10.5 Å². The number of hydrogen-bond donors (Lipinski definition) is 1. The lowest BCUT2D eigenvalue weighted by atomic mass is 10.2. The molecule has 0 aliphatic carbocycles. The fourth-order valence-corrected chi connectivity index (χ4v) is 1.56. The summed E-state index contributed by atoms with van der Waals surface area (Å²) in [6.45, 7) is 3.96. The van der Waals surface area contributed by atoms with Gasteiger partial charge in [0.15, 0.2) is 0 Å². The third-order valence-corrected chi connectivity index (χ3v) is 2.38. The van der Waals surface area contributed by atoms with Crippen molar-refractivity contribution in [3.05, 3.63) is 41.6 Å². The number of nitrogens with zero attached hydrogens (tertiary/aromatic N) is 2. The summed E-state index contributed by atoms with van der Waals surface area (Å²) < 4.78 is 5.65. The highest BCUT2D eigenvalue weighted by atomic mass is 16.5. The van der Waals surface area contributed by atoms with Gasteiger partial charge in [0, 0.05) is 11.8 Å². The number of nitrogen functional groups attached to an aromatic ring is 1. The topological polar surface area (TPSA) is 61.0 Å². The standard InChI is InChI=1S/C13H15N3O/c1-3-10-5-4-6-11(8-10)17-12-7-9(2)15-13(14)16-12/h4-8H,3H2,1-2H3,(H2,14,15,16). The molecular formula is C13H15N3O. The maximum atomic E-state index is 5.65. The first-order chi connectivity index (χ1) is 8.17. The van der Waals surface area contributed by atoms with Crippen molar-refractivity contribution in [2.45, 2.75) is 20.3 Å². The van der Waals surface area contributed by atoms with Crippen molar-refractivity contribution in [3.63, 3.8) is 0 Å². The van der Waals surface area contributed by atoms with Crippen LogP contribution in [0.5, 0.6) is 11.6 Å². The Balaban J connectivity index is 2.24. The summed E-state index contributed by atoms with van der Waals surface area (Å²) in [5.41, 5.74) is 7.58. The van der Waals surface area contributed by atoms with E-state index in [2.05, 4.69) is 23.0 Å². The first-order valence-corrected chi connectivity index (χ1v) is 5.55. The molecule has 0 radical (unpaired) electrons. The number of nitrogens with two attached hydrogens (primary N) is 1. The van der Waals surface area contributed by atoms with Crippen molar-refractivity contribution in [3.8, 4) is 11.6 Å². The molecular weight excluding hydrogens is 214 g/mol. The predicted molar refractivity (Wildman–Crippen MR) is 67.1 cm³/mol. The van der Waals surface area contributed by atoms with E-state index in [1.807, 2.05) is 25.1 Å². The Morgan fingerprint density at radius 3 is 2.76 bits per heavy atom. The van der Waals surface area contributed by atoms with Gasteiger partial charge >= 0.3 is 0 Å². The highest BCUT2D eigenvalue weighted by Gasteiger charge is 2.02. The van der Waals surface area contributed by atoms with Gasteiger partial charge in [-0.05, 0) is 31.0 Å². The van der Waals surface area contributed by atoms with Gasteiger partial charge in [0.1, 0.15) is 5.75 Å². The lowest BCUT2D eigenvalue weighted by Gasteiger charge is -2.07. The lowest BCUT2D eigenvalue weighted by Crippen LogP contribution is -1.98. The first kappa shape index (κ1) is 11.4. The van der Waals surface area contributed by atoms with Crippen LogP contribution in [0.2, 0.25) is 0 Å². The molecule has 0 unspecified atom stereocenters. The quantitative estimate of drug-likeness (QED) is 0.879. The van der Waals surface area contributed by atoms with Crippen LogP contribution in [0.4, 0.5) is 5.95 Å². The minimum atomic E-state index is 0.228. The molecule has 2 N–H and O–H groups in total. The molecule has 0 saturated carbocycles. The second kappa shape index (κ2) is 4.82. The van der Waals surface area contributed by atoms with Gasteiger partial charge in [0.25, 0.3) is 0 Å². The van der Waals surface area contributed by atoms with E-state index in [0.29, 0.717) is 5.88 Å². The zero-order chi connectivity index (χ0) is 12.3. The molecule has 1 heterocycles. The second-order valence-corrected chi connectivity index (χ2v) is 3.81. The number of aryl methyl sites for hydroxylation is 2. The van der Waals surface area contributed by atoms with E-state index < -0.39 is 0 Å². The second-order valence-electron chi connectivity index (χ2n) is 3.81. The number of anilines is 1. The Morgan fingerprint density at radius 1 is 1.24 bits per heavy atom. The highest BCUT2D eigenvalue weighted by Crippen LogP contribution is 2.21. The summed E-state index contributed by atoms with van der Waals surface area (Å²) in [7, 11) is 0. The Hall–Kier alpha value is -2.10. The maximum Gasteiger partial charge on any atom is 0.224 e. The number of rotatable bonds is 3. The van der Waals surface area contributed by atoms with Gasteiger partial charge in [-0.1, -0.05) is 19.1 Å². The third-order valence-electron chi connectivity index (χ3n) is 2.38. The molecule has 0 bridgehead atoms. The summed E-state index contributed by atoms with van der Waals surface area (Å²) in [6, 6.07) is 9.67. The van der Waals surface area contributed by atoms with E-state index in [1.165, 1.54) is 5.56 Å². The van der Waals surface area contributed by atoms with Crippen LogP contribution in [-0.2, 0) is 6.42 Å². The predicted octanol–water partition coefficient (Wildman–Crippen LogP) is 2.72. The number of aromatic nitrogens is 2. The monoisotopic (exact) mass is 229 g/mol. The van der Waals surface area contributed by atoms with Crippen LogP contribution in [0.1, 0.15) is 18.2 Å². The molecule has 0 aliphatic heterocycles. The molecule has 4 heteroatoms. The third kappa shape index (κ3) is 2.93. The zero-order valence-electron chi connectivity index (χ0n) is 9.97. The number of ether oxygens (including phenoxy) is 1. The average molecular weight is 229 g/mol. The highest BCUT2D eigenvalue weighted by molar-refractivity contribution is 5.33. The van der Waals surface area contributed by atoms with Gasteiger partial charge in [-0.2, -0.15) is 4.98 Å². The van der Waals surface area contributed by atoms with Crippen LogP contribution >= 0.6 is 0 Å². The fourth-order valence-electron chi connectivity index (χ4n) is 1.56. The van der Waals surface area contributed by atoms with Gasteiger partial charge in [0.05, 0.1) is 0 Å². The summed E-state index contributed by atoms with van der Waals surface area (Å²) in [5.74, 6) is 1.47. The van der Waals surface area contributed by atoms with Crippen molar-refractivity contribution >= 4 is 5.95 Å². The minimum Gasteiger partial charge on any atom is -0.439 e. The Labute approximate surface area is 100 Å². The van der Waals surface area contributed by atoms with Crippen LogP contribution < -0.4 is 10.5 Å². The summed E-state index contributed by atoms with van der Waals surface area (Å²) in [6.07, 6.45) is 0.974. The van der Waals surface area contributed by atoms with Gasteiger partial charge in [-0.15, -0.1) is 0 Å². The minimum absolute atomic E-state index is 0.228. The van der Waals surface area contributed by atoms with Crippen molar-refractivity contribution in [1.29, 1.82) is 0 Å². The summed E-state index contributed by atoms with van der Waals surface area (Å²) in [4.78, 5) is 8.03. The van der Waals surface area contributed by atoms with Crippen LogP contribution in [-0.4, -0.2) is 9.97 Å². The van der Waals surface area contributed by atoms with Crippen LogP contribution in [0.25, 0.3) is 0 Å². The molecule has 0 atom stereocenters. The summed E-state index contributed by atoms with van der Waals surface area (Å²) in [5, 5.41) is 0. The molecule has 88 valence electrons. The van der Waals surface area contributed by atoms with E-state index in [4.69, 9.17) is 10.5 Å². The van der Waals surface area contributed by atoms with E-state index in [-0.39, 0.29) is 5.95 Å². The van der Waals surface area contributed by atoms with E-state index in [1.54, 1.807) is 6.07 Å². The molecule has 0 fully saturated rings. The SMILES string of the molecule is CCc1cccc(Oc2cc(C)nc(N)n2)c1. The molecule has 1 aromatic carbocycles. The Morgan fingerprint density at radius 2 is 2.06 bits per heavy atom.